The SMILES string of the molecule is CN(Cc1ccc(N2CCCCC2)cc1)C[C@H](O)Cn1cccn1. The summed E-state index contributed by atoms with van der Waals surface area (Å²) in [6, 6.07) is 10.8. The number of aliphatic hydroxyl groups excluding tert-OH is 1. The molecule has 0 unspecified atom stereocenters. The zero-order valence-corrected chi connectivity index (χ0v) is 14.5. The van der Waals surface area contributed by atoms with Gasteiger partial charge in [0, 0.05) is 44.3 Å². The maximum atomic E-state index is 10.2. The van der Waals surface area contributed by atoms with Crippen molar-refractivity contribution in [2.45, 2.75) is 38.5 Å². The molecule has 1 N–H and O–H groups in total. The zero-order chi connectivity index (χ0) is 16.8. The van der Waals surface area contributed by atoms with Gasteiger partial charge in [0.15, 0.2) is 0 Å². The molecule has 0 radical (unpaired) electrons. The van der Waals surface area contributed by atoms with Gasteiger partial charge in [0.2, 0.25) is 0 Å². The van der Waals surface area contributed by atoms with E-state index in [0.29, 0.717) is 13.1 Å². The van der Waals surface area contributed by atoms with Crippen molar-refractivity contribution in [3.63, 3.8) is 0 Å². The second kappa shape index (κ2) is 8.31. The van der Waals surface area contributed by atoms with E-state index in [0.717, 1.165) is 6.54 Å². The molecule has 5 heteroatoms. The molecule has 0 saturated carbocycles. The number of hydrogen-bond acceptors (Lipinski definition) is 4. The molecule has 1 atom stereocenters. The fraction of sp³-hybridized carbons (Fsp3) is 0.526. The van der Waals surface area contributed by atoms with E-state index in [-0.39, 0.29) is 0 Å². The second-order valence-electron chi connectivity index (χ2n) is 6.79. The Morgan fingerprint density at radius 2 is 1.92 bits per heavy atom. The molecule has 0 aliphatic carbocycles. The van der Waals surface area contributed by atoms with Crippen LogP contribution in [-0.2, 0) is 13.1 Å². The highest BCUT2D eigenvalue weighted by atomic mass is 16.3. The standard InChI is InChI=1S/C19H28N4O/c1-21(15-19(24)16-23-13-5-10-20-23)14-17-6-8-18(9-7-17)22-11-3-2-4-12-22/h5-10,13,19,24H,2-4,11-12,14-16H2,1H3/t19-/m0/s1. The molecule has 3 rings (SSSR count). The number of anilines is 1. The number of hydrogen-bond donors (Lipinski definition) is 1. The van der Waals surface area contributed by atoms with Crippen molar-refractivity contribution >= 4 is 5.69 Å². The lowest BCUT2D eigenvalue weighted by atomic mass is 10.1. The quantitative estimate of drug-likeness (QED) is 0.847. The highest BCUT2D eigenvalue weighted by molar-refractivity contribution is 5.47. The first-order valence-corrected chi connectivity index (χ1v) is 8.88. The molecule has 1 saturated heterocycles. The smallest absolute Gasteiger partial charge is 0.0862 e. The highest BCUT2D eigenvalue weighted by Gasteiger charge is 2.12. The van der Waals surface area contributed by atoms with E-state index in [9.17, 15) is 5.11 Å². The molecule has 5 nitrogen and oxygen atoms in total. The lowest BCUT2D eigenvalue weighted by Crippen LogP contribution is -2.32. The second-order valence-corrected chi connectivity index (χ2v) is 6.79. The van der Waals surface area contributed by atoms with E-state index in [1.165, 1.54) is 43.6 Å². The minimum atomic E-state index is -0.414. The summed E-state index contributed by atoms with van der Waals surface area (Å²) in [5, 5.41) is 14.3. The third-order valence-corrected chi connectivity index (χ3v) is 4.59. The number of rotatable bonds is 7. The van der Waals surface area contributed by atoms with E-state index in [1.807, 2.05) is 19.3 Å². The molecule has 0 bridgehead atoms. The Kier molecular flexibility index (Phi) is 5.88. The monoisotopic (exact) mass is 328 g/mol. The zero-order valence-electron chi connectivity index (χ0n) is 14.5. The number of piperidine rings is 1. The summed E-state index contributed by atoms with van der Waals surface area (Å²) in [7, 11) is 2.05. The molecule has 2 heterocycles. The van der Waals surface area contributed by atoms with Gasteiger partial charge in [-0.15, -0.1) is 0 Å². The summed E-state index contributed by atoms with van der Waals surface area (Å²) in [5.41, 5.74) is 2.62. The number of aliphatic hydroxyl groups is 1. The molecule has 130 valence electrons. The van der Waals surface area contributed by atoms with E-state index in [2.05, 4.69) is 39.2 Å². The summed E-state index contributed by atoms with van der Waals surface area (Å²) in [6.45, 7) is 4.37. The average Bonchev–Trinajstić information content (AvgIpc) is 3.09. The van der Waals surface area contributed by atoms with Crippen molar-refractivity contribution in [1.29, 1.82) is 0 Å². The highest BCUT2D eigenvalue weighted by Crippen LogP contribution is 2.20. The lowest BCUT2D eigenvalue weighted by Gasteiger charge is -2.29. The van der Waals surface area contributed by atoms with Crippen molar-refractivity contribution in [3.8, 4) is 0 Å². The van der Waals surface area contributed by atoms with Crippen molar-refractivity contribution in [2.24, 2.45) is 0 Å². The Balaban J connectivity index is 1.47. The Morgan fingerprint density at radius 3 is 2.58 bits per heavy atom. The van der Waals surface area contributed by atoms with Gasteiger partial charge in [0.25, 0.3) is 0 Å². The van der Waals surface area contributed by atoms with Crippen LogP contribution in [-0.4, -0.2) is 52.6 Å². The number of benzene rings is 1. The average molecular weight is 328 g/mol. The van der Waals surface area contributed by atoms with E-state index in [1.54, 1.807) is 10.9 Å². The first-order valence-electron chi connectivity index (χ1n) is 8.88. The predicted molar refractivity (Wildman–Crippen MR) is 97.1 cm³/mol. The van der Waals surface area contributed by atoms with Crippen molar-refractivity contribution in [1.82, 2.24) is 14.7 Å². The van der Waals surface area contributed by atoms with Gasteiger partial charge in [-0.2, -0.15) is 5.10 Å². The largest absolute Gasteiger partial charge is 0.390 e. The summed E-state index contributed by atoms with van der Waals surface area (Å²) >= 11 is 0. The normalized spacial score (nSPS) is 16.5. The van der Waals surface area contributed by atoms with Crippen LogP contribution in [0.1, 0.15) is 24.8 Å². The molecule has 1 aliphatic rings. The van der Waals surface area contributed by atoms with Crippen LogP contribution in [0.15, 0.2) is 42.7 Å². The molecule has 1 aliphatic heterocycles. The van der Waals surface area contributed by atoms with Crippen LogP contribution in [0, 0.1) is 0 Å². The third kappa shape index (κ3) is 4.82. The predicted octanol–water partition coefficient (Wildman–Crippen LogP) is 2.37. The molecule has 0 spiro atoms. The minimum Gasteiger partial charge on any atom is -0.390 e. The number of aromatic nitrogens is 2. The number of likely N-dealkylation sites (N-methyl/N-ethyl adjacent to an activating group) is 1. The summed E-state index contributed by atoms with van der Waals surface area (Å²) in [4.78, 5) is 4.63. The third-order valence-electron chi connectivity index (χ3n) is 4.59. The fourth-order valence-electron chi connectivity index (χ4n) is 3.38. The van der Waals surface area contributed by atoms with Crippen LogP contribution in [0.5, 0.6) is 0 Å². The Labute approximate surface area is 144 Å². The molecular formula is C19H28N4O. The van der Waals surface area contributed by atoms with Gasteiger partial charge < -0.3 is 10.0 Å². The fourth-order valence-corrected chi connectivity index (χ4v) is 3.38. The van der Waals surface area contributed by atoms with Crippen molar-refractivity contribution in [2.75, 3.05) is 31.6 Å². The van der Waals surface area contributed by atoms with Crippen LogP contribution >= 0.6 is 0 Å². The van der Waals surface area contributed by atoms with E-state index >= 15 is 0 Å². The molecule has 24 heavy (non-hydrogen) atoms. The molecule has 1 fully saturated rings. The Morgan fingerprint density at radius 1 is 1.17 bits per heavy atom. The van der Waals surface area contributed by atoms with Crippen LogP contribution < -0.4 is 4.90 Å². The van der Waals surface area contributed by atoms with Gasteiger partial charge in [0.1, 0.15) is 0 Å². The van der Waals surface area contributed by atoms with E-state index in [4.69, 9.17) is 0 Å². The van der Waals surface area contributed by atoms with Gasteiger partial charge in [-0.3, -0.25) is 9.58 Å². The minimum absolute atomic E-state index is 0.414. The van der Waals surface area contributed by atoms with Crippen molar-refractivity contribution < 1.29 is 5.11 Å². The molecular weight excluding hydrogens is 300 g/mol. The number of nitrogens with zero attached hydrogens (tertiary/aromatic N) is 4. The molecule has 0 amide bonds. The topological polar surface area (TPSA) is 44.5 Å². The van der Waals surface area contributed by atoms with Gasteiger partial charge in [0.05, 0.1) is 12.6 Å². The molecule has 2 aromatic rings. The summed E-state index contributed by atoms with van der Waals surface area (Å²) in [5.74, 6) is 0. The van der Waals surface area contributed by atoms with Crippen LogP contribution in [0.2, 0.25) is 0 Å². The first-order chi connectivity index (χ1) is 11.7. The van der Waals surface area contributed by atoms with E-state index < -0.39 is 6.10 Å². The van der Waals surface area contributed by atoms with Gasteiger partial charge in [-0.25, -0.2) is 0 Å². The van der Waals surface area contributed by atoms with Gasteiger partial charge in [-0.05, 0) is 50.1 Å². The summed E-state index contributed by atoms with van der Waals surface area (Å²) < 4.78 is 1.77. The van der Waals surface area contributed by atoms with Crippen LogP contribution in [0.3, 0.4) is 0 Å². The van der Waals surface area contributed by atoms with Gasteiger partial charge >= 0.3 is 0 Å². The van der Waals surface area contributed by atoms with Crippen LogP contribution in [0.25, 0.3) is 0 Å². The lowest BCUT2D eigenvalue weighted by molar-refractivity contribution is 0.104. The maximum absolute atomic E-state index is 10.2. The van der Waals surface area contributed by atoms with Crippen LogP contribution in [0.4, 0.5) is 5.69 Å². The maximum Gasteiger partial charge on any atom is 0.0862 e. The van der Waals surface area contributed by atoms with Gasteiger partial charge in [-0.1, -0.05) is 12.1 Å². The Hall–Kier alpha value is -1.85. The van der Waals surface area contributed by atoms with Crippen molar-refractivity contribution in [3.05, 3.63) is 48.3 Å². The molecule has 1 aromatic heterocycles. The summed E-state index contributed by atoms with van der Waals surface area (Å²) in [6.07, 6.45) is 7.17. The Bertz CT molecular complexity index is 590. The first kappa shape index (κ1) is 17.0. The molecule has 1 aromatic carbocycles.